The quantitative estimate of drug-likeness (QED) is 0.680. The van der Waals surface area contributed by atoms with Crippen LogP contribution in [0, 0.1) is 0 Å². The summed E-state index contributed by atoms with van der Waals surface area (Å²) in [5.41, 5.74) is 0.949. The van der Waals surface area contributed by atoms with Crippen molar-refractivity contribution in [2.75, 3.05) is 13.2 Å². The van der Waals surface area contributed by atoms with Crippen LogP contribution in [0.15, 0.2) is 24.3 Å². The number of para-hydroxylation sites is 1. The van der Waals surface area contributed by atoms with Crippen LogP contribution in [0.1, 0.15) is 39.5 Å². The number of ether oxygens (including phenoxy) is 3. The molecule has 0 aliphatic carbocycles. The maximum atomic E-state index is 5.76. The van der Waals surface area contributed by atoms with E-state index in [0.717, 1.165) is 11.3 Å². The van der Waals surface area contributed by atoms with Crippen molar-refractivity contribution in [1.29, 1.82) is 0 Å². The molecule has 0 atom stereocenters. The lowest BCUT2D eigenvalue weighted by molar-refractivity contribution is -0.141. The molecule has 0 fully saturated rings. The van der Waals surface area contributed by atoms with E-state index in [-0.39, 0.29) is 12.4 Å². The van der Waals surface area contributed by atoms with Crippen LogP contribution in [0.5, 0.6) is 5.75 Å². The van der Waals surface area contributed by atoms with Crippen molar-refractivity contribution in [3.63, 3.8) is 0 Å². The normalized spacial score (nSPS) is 11.2. The molecular formula is C14H22O3. The maximum Gasteiger partial charge on any atom is 0.187 e. The van der Waals surface area contributed by atoms with Crippen LogP contribution in [0.25, 0.3) is 0 Å². The molecule has 17 heavy (non-hydrogen) atoms. The highest BCUT2D eigenvalue weighted by atomic mass is 16.7. The zero-order chi connectivity index (χ0) is 12.7. The minimum atomic E-state index is -0.347. The molecule has 3 heteroatoms. The molecule has 3 nitrogen and oxygen atoms in total. The number of hydrogen-bond donors (Lipinski definition) is 0. The molecule has 0 aliphatic rings. The molecular weight excluding hydrogens is 216 g/mol. The molecule has 0 spiro atoms. The van der Waals surface area contributed by atoms with Gasteiger partial charge in [0.15, 0.2) is 6.29 Å². The molecule has 96 valence electrons. The van der Waals surface area contributed by atoms with Crippen LogP contribution < -0.4 is 4.74 Å². The van der Waals surface area contributed by atoms with Gasteiger partial charge in [0.1, 0.15) is 5.75 Å². The Labute approximate surface area is 104 Å². The van der Waals surface area contributed by atoms with Crippen molar-refractivity contribution >= 4 is 0 Å². The zero-order valence-corrected chi connectivity index (χ0v) is 11.1. The lowest BCUT2D eigenvalue weighted by Gasteiger charge is -2.21. The van der Waals surface area contributed by atoms with Gasteiger partial charge in [-0.05, 0) is 33.8 Å². The van der Waals surface area contributed by atoms with Crippen molar-refractivity contribution < 1.29 is 14.2 Å². The number of benzene rings is 1. The average molecular weight is 238 g/mol. The van der Waals surface area contributed by atoms with E-state index >= 15 is 0 Å². The third-order valence-corrected chi connectivity index (χ3v) is 2.17. The van der Waals surface area contributed by atoms with E-state index in [1.54, 1.807) is 0 Å². The molecule has 0 N–H and O–H groups in total. The van der Waals surface area contributed by atoms with Crippen LogP contribution in [-0.2, 0) is 9.47 Å². The van der Waals surface area contributed by atoms with Gasteiger partial charge < -0.3 is 14.2 Å². The van der Waals surface area contributed by atoms with Gasteiger partial charge in [0.25, 0.3) is 0 Å². The largest absolute Gasteiger partial charge is 0.491 e. The summed E-state index contributed by atoms with van der Waals surface area (Å²) in [6.45, 7) is 9.15. The lowest BCUT2D eigenvalue weighted by atomic mass is 10.2. The fourth-order valence-corrected chi connectivity index (χ4v) is 1.57. The fraction of sp³-hybridized carbons (Fsp3) is 0.571. The standard InChI is InChI=1S/C14H22O3/c1-5-15-14(16-6-2)12-9-7-8-10-13(12)17-11(3)4/h7-11,14H,5-6H2,1-4H3. The first-order valence-electron chi connectivity index (χ1n) is 6.17. The molecule has 0 unspecified atom stereocenters. The summed E-state index contributed by atoms with van der Waals surface area (Å²) in [6, 6.07) is 7.85. The monoisotopic (exact) mass is 238 g/mol. The number of hydrogen-bond acceptors (Lipinski definition) is 3. The van der Waals surface area contributed by atoms with E-state index < -0.39 is 0 Å². The van der Waals surface area contributed by atoms with Crippen molar-refractivity contribution in [3.05, 3.63) is 29.8 Å². The zero-order valence-electron chi connectivity index (χ0n) is 11.1. The van der Waals surface area contributed by atoms with Gasteiger partial charge in [-0.2, -0.15) is 0 Å². The SMILES string of the molecule is CCOC(OCC)c1ccccc1OC(C)C. The lowest BCUT2D eigenvalue weighted by Crippen LogP contribution is -2.13. The van der Waals surface area contributed by atoms with E-state index in [1.165, 1.54) is 0 Å². The van der Waals surface area contributed by atoms with Crippen LogP contribution in [0.4, 0.5) is 0 Å². The van der Waals surface area contributed by atoms with E-state index in [4.69, 9.17) is 14.2 Å². The summed E-state index contributed by atoms with van der Waals surface area (Å²) >= 11 is 0. The van der Waals surface area contributed by atoms with Crippen LogP contribution in [0.2, 0.25) is 0 Å². The van der Waals surface area contributed by atoms with Gasteiger partial charge in [0.2, 0.25) is 0 Å². The van der Waals surface area contributed by atoms with E-state index in [9.17, 15) is 0 Å². The third kappa shape index (κ3) is 4.36. The summed E-state index contributed by atoms with van der Waals surface area (Å²) in [4.78, 5) is 0. The summed E-state index contributed by atoms with van der Waals surface area (Å²) in [6.07, 6.45) is -0.208. The highest BCUT2D eigenvalue weighted by Gasteiger charge is 2.16. The van der Waals surface area contributed by atoms with E-state index in [2.05, 4.69) is 0 Å². The smallest absolute Gasteiger partial charge is 0.187 e. The second-order valence-corrected chi connectivity index (χ2v) is 3.95. The summed E-state index contributed by atoms with van der Waals surface area (Å²) in [5, 5.41) is 0. The molecule has 0 amide bonds. The van der Waals surface area contributed by atoms with Gasteiger partial charge in [-0.3, -0.25) is 0 Å². The summed E-state index contributed by atoms with van der Waals surface area (Å²) in [7, 11) is 0. The Balaban J connectivity index is 2.91. The van der Waals surface area contributed by atoms with Crippen molar-refractivity contribution in [2.24, 2.45) is 0 Å². The first-order valence-corrected chi connectivity index (χ1v) is 6.17. The highest BCUT2D eigenvalue weighted by Crippen LogP contribution is 2.29. The molecule has 0 heterocycles. The molecule has 1 aromatic carbocycles. The highest BCUT2D eigenvalue weighted by molar-refractivity contribution is 5.34. The Morgan fingerprint density at radius 2 is 1.59 bits per heavy atom. The Morgan fingerprint density at radius 1 is 1.00 bits per heavy atom. The molecule has 0 aliphatic heterocycles. The van der Waals surface area contributed by atoms with Crippen LogP contribution in [-0.4, -0.2) is 19.3 Å². The van der Waals surface area contributed by atoms with Crippen LogP contribution >= 0.6 is 0 Å². The Kier molecular flexibility index (Phi) is 6.01. The van der Waals surface area contributed by atoms with Crippen molar-refractivity contribution in [1.82, 2.24) is 0 Å². The summed E-state index contributed by atoms with van der Waals surface area (Å²) in [5.74, 6) is 0.828. The molecule has 0 saturated heterocycles. The molecule has 1 rings (SSSR count). The molecule has 0 saturated carbocycles. The molecule has 0 bridgehead atoms. The molecule has 1 aromatic rings. The van der Waals surface area contributed by atoms with Gasteiger partial charge in [0.05, 0.1) is 6.10 Å². The Morgan fingerprint density at radius 3 is 2.12 bits per heavy atom. The van der Waals surface area contributed by atoms with E-state index in [1.807, 2.05) is 52.0 Å². The first kappa shape index (κ1) is 14.0. The van der Waals surface area contributed by atoms with Gasteiger partial charge in [-0.25, -0.2) is 0 Å². The predicted molar refractivity (Wildman–Crippen MR) is 68.2 cm³/mol. The van der Waals surface area contributed by atoms with E-state index in [0.29, 0.717) is 13.2 Å². The third-order valence-electron chi connectivity index (χ3n) is 2.17. The topological polar surface area (TPSA) is 27.7 Å². The second-order valence-electron chi connectivity index (χ2n) is 3.95. The van der Waals surface area contributed by atoms with Gasteiger partial charge in [-0.1, -0.05) is 18.2 Å². The van der Waals surface area contributed by atoms with Crippen molar-refractivity contribution in [3.8, 4) is 5.75 Å². The minimum Gasteiger partial charge on any atom is -0.491 e. The Hall–Kier alpha value is -1.06. The number of rotatable bonds is 7. The minimum absolute atomic E-state index is 0.139. The second kappa shape index (κ2) is 7.30. The van der Waals surface area contributed by atoms with Gasteiger partial charge >= 0.3 is 0 Å². The average Bonchev–Trinajstić information content (AvgIpc) is 2.29. The Bertz CT molecular complexity index is 317. The fourth-order valence-electron chi connectivity index (χ4n) is 1.57. The molecule has 0 aromatic heterocycles. The maximum absolute atomic E-state index is 5.76. The summed E-state index contributed by atoms with van der Waals surface area (Å²) < 4.78 is 16.9. The van der Waals surface area contributed by atoms with Crippen LogP contribution in [0.3, 0.4) is 0 Å². The predicted octanol–water partition coefficient (Wildman–Crippen LogP) is 3.55. The van der Waals surface area contributed by atoms with Gasteiger partial charge in [0, 0.05) is 18.8 Å². The van der Waals surface area contributed by atoms with Gasteiger partial charge in [-0.15, -0.1) is 0 Å². The van der Waals surface area contributed by atoms with Crippen molar-refractivity contribution in [2.45, 2.75) is 40.1 Å². The molecule has 0 radical (unpaired) electrons. The first-order chi connectivity index (χ1) is 8.19.